The molecule has 0 atom stereocenters. The van der Waals surface area contributed by atoms with Gasteiger partial charge in [0.2, 0.25) is 0 Å². The monoisotopic (exact) mass is 1040 g/mol. The average molecular weight is 1040 g/mol. The summed E-state index contributed by atoms with van der Waals surface area (Å²) in [5.74, 6) is 0. The van der Waals surface area contributed by atoms with E-state index in [1.165, 1.54) is 11.1 Å². The Bertz CT molecular complexity index is 4580. The highest BCUT2D eigenvalue weighted by atomic mass is 16.3. The third-order valence-electron chi connectivity index (χ3n) is 16.3. The van der Waals surface area contributed by atoms with Gasteiger partial charge in [-0.05, 0) is 170 Å². The lowest BCUT2D eigenvalue weighted by Crippen LogP contribution is -2.14. The molecule has 0 radical (unpaired) electrons. The van der Waals surface area contributed by atoms with E-state index in [4.69, 9.17) is 17.7 Å². The lowest BCUT2D eigenvalue weighted by molar-refractivity contribution is 0.590. The molecule has 0 fully saturated rings. The van der Waals surface area contributed by atoms with Crippen molar-refractivity contribution < 1.29 is 17.7 Å². The zero-order valence-electron chi connectivity index (χ0n) is 45.5. The summed E-state index contributed by atoms with van der Waals surface area (Å²) < 4.78 is 25.7. The molecule has 11 aromatic carbocycles. The fourth-order valence-electron chi connectivity index (χ4n) is 12.1. The standard InChI is InChI=1S/C74H56N2O4/c1-73(2,3)51-19-25-53(26-20-51)75(71-57(45-13-9-7-10-14-45)29-31-65-59(71)33-35-77-65)55-23-17-47-39-61-63-43-64-62-40-48-18-24-56(38-50(48)42-68(62)80-70(64)44-69(63)79-67(61)41-49(47)37-55)76(54-27-21-52(22-28-54)74(4,5)6)72-58(46-15-11-8-12-16-46)30-32-66-60(72)34-36-78-66/h7-44H,1-6H3. The van der Waals surface area contributed by atoms with Crippen LogP contribution in [0.25, 0.3) is 110 Å². The first-order valence-electron chi connectivity index (χ1n) is 27.5. The Morgan fingerprint density at radius 3 is 1.09 bits per heavy atom. The molecule has 0 spiro atoms. The van der Waals surface area contributed by atoms with Crippen LogP contribution in [0.2, 0.25) is 0 Å². The van der Waals surface area contributed by atoms with E-state index in [0.29, 0.717) is 0 Å². The number of furan rings is 4. The van der Waals surface area contributed by atoms with Crippen molar-refractivity contribution in [2.45, 2.75) is 52.4 Å². The normalized spacial score (nSPS) is 12.4. The van der Waals surface area contributed by atoms with Crippen LogP contribution in [0, 0.1) is 0 Å². The fraction of sp³-hybridized carbons (Fsp3) is 0.108. The molecule has 0 unspecified atom stereocenters. The Kier molecular flexibility index (Phi) is 10.6. The fourth-order valence-corrected chi connectivity index (χ4v) is 12.1. The average Bonchev–Trinajstić information content (AvgIpc) is 4.42. The maximum absolute atomic E-state index is 6.80. The first-order chi connectivity index (χ1) is 38.9. The maximum atomic E-state index is 6.80. The quantitative estimate of drug-likeness (QED) is 0.151. The molecular formula is C74H56N2O4. The van der Waals surface area contributed by atoms with Crippen molar-refractivity contribution in [2.24, 2.45) is 0 Å². The molecule has 4 aromatic heterocycles. The summed E-state index contributed by atoms with van der Waals surface area (Å²) in [5.41, 5.74) is 18.2. The van der Waals surface area contributed by atoms with Crippen molar-refractivity contribution in [3.63, 3.8) is 0 Å². The van der Waals surface area contributed by atoms with Crippen LogP contribution >= 0.6 is 0 Å². The molecule has 0 aliphatic carbocycles. The van der Waals surface area contributed by atoms with E-state index in [1.54, 1.807) is 12.5 Å². The van der Waals surface area contributed by atoms with Crippen LogP contribution in [0.1, 0.15) is 52.7 Å². The first-order valence-corrected chi connectivity index (χ1v) is 27.5. The van der Waals surface area contributed by atoms with Crippen molar-refractivity contribution in [1.29, 1.82) is 0 Å². The van der Waals surface area contributed by atoms with Gasteiger partial charge in [0.1, 0.15) is 33.5 Å². The van der Waals surface area contributed by atoms with Gasteiger partial charge in [0, 0.05) is 72.3 Å². The van der Waals surface area contributed by atoms with E-state index in [2.05, 4.69) is 270 Å². The van der Waals surface area contributed by atoms with Gasteiger partial charge >= 0.3 is 0 Å². The molecule has 6 heteroatoms. The Labute approximate surface area is 463 Å². The van der Waals surface area contributed by atoms with Crippen LogP contribution in [-0.4, -0.2) is 0 Å². The third-order valence-corrected chi connectivity index (χ3v) is 16.3. The molecule has 6 nitrogen and oxygen atoms in total. The summed E-state index contributed by atoms with van der Waals surface area (Å²) in [6, 6.07) is 78.7. The minimum atomic E-state index is 0.00896. The van der Waals surface area contributed by atoms with E-state index in [0.717, 1.165) is 144 Å². The van der Waals surface area contributed by atoms with Gasteiger partial charge in [-0.1, -0.05) is 139 Å². The summed E-state index contributed by atoms with van der Waals surface area (Å²) in [4.78, 5) is 4.76. The van der Waals surface area contributed by atoms with E-state index < -0.39 is 0 Å². The van der Waals surface area contributed by atoms with E-state index in [-0.39, 0.29) is 10.8 Å². The number of fused-ring (bicyclic) bond motifs is 10. The summed E-state index contributed by atoms with van der Waals surface area (Å²) in [5, 5.41) is 10.7. The minimum absolute atomic E-state index is 0.00896. The highest BCUT2D eigenvalue weighted by molar-refractivity contribution is 6.19. The van der Waals surface area contributed by atoms with Crippen molar-refractivity contribution >= 4 is 121 Å². The molecule has 0 N–H and O–H groups in total. The predicted octanol–water partition coefficient (Wildman–Crippen LogP) is 22.2. The number of nitrogens with zero attached hydrogens (tertiary/aromatic N) is 2. The Morgan fingerprint density at radius 2 is 0.675 bits per heavy atom. The van der Waals surface area contributed by atoms with Crippen LogP contribution in [0.4, 0.5) is 34.1 Å². The molecule has 0 aliphatic heterocycles. The second-order valence-electron chi connectivity index (χ2n) is 23.4. The number of hydrogen-bond donors (Lipinski definition) is 0. The molecular weight excluding hydrogens is 981 g/mol. The Morgan fingerprint density at radius 1 is 0.287 bits per heavy atom. The lowest BCUT2D eigenvalue weighted by Gasteiger charge is -2.29. The summed E-state index contributed by atoms with van der Waals surface area (Å²) >= 11 is 0. The van der Waals surface area contributed by atoms with Crippen LogP contribution in [0.5, 0.6) is 0 Å². The van der Waals surface area contributed by atoms with Crippen molar-refractivity contribution in [2.75, 3.05) is 9.80 Å². The molecule has 80 heavy (non-hydrogen) atoms. The molecule has 0 aliphatic rings. The van der Waals surface area contributed by atoms with E-state index in [1.807, 2.05) is 0 Å². The van der Waals surface area contributed by atoms with E-state index >= 15 is 0 Å². The molecule has 386 valence electrons. The van der Waals surface area contributed by atoms with Crippen LogP contribution in [0.3, 0.4) is 0 Å². The van der Waals surface area contributed by atoms with Crippen LogP contribution in [0.15, 0.2) is 249 Å². The van der Waals surface area contributed by atoms with Gasteiger partial charge in [0.05, 0.1) is 23.9 Å². The van der Waals surface area contributed by atoms with Crippen molar-refractivity contribution in [1.82, 2.24) is 0 Å². The molecule has 4 heterocycles. The molecule has 0 amide bonds. The van der Waals surface area contributed by atoms with Gasteiger partial charge in [0.15, 0.2) is 0 Å². The molecule has 0 saturated carbocycles. The lowest BCUT2D eigenvalue weighted by atomic mass is 9.87. The number of benzene rings is 11. The highest BCUT2D eigenvalue weighted by Crippen LogP contribution is 2.49. The summed E-state index contributed by atoms with van der Waals surface area (Å²) in [6.45, 7) is 13.5. The molecule has 0 saturated heterocycles. The second kappa shape index (κ2) is 17.9. The van der Waals surface area contributed by atoms with Crippen LogP contribution in [-0.2, 0) is 10.8 Å². The molecule has 15 aromatic rings. The SMILES string of the molecule is CC(C)(C)c1ccc(N(c2ccc3cc4c(cc3c2)oc2cc3oc5cc6cc(N(c7ccc(C(C)(C)C)cc7)c7c(-c8ccccc8)ccc8occc78)ccc6cc5c3cc24)c2c(-c3ccccc3)ccc3occc23)cc1. The number of hydrogen-bond acceptors (Lipinski definition) is 6. The first kappa shape index (κ1) is 47.4. The van der Waals surface area contributed by atoms with Gasteiger partial charge in [-0.15, -0.1) is 0 Å². The Hall–Kier alpha value is -9.78. The van der Waals surface area contributed by atoms with E-state index in [9.17, 15) is 0 Å². The van der Waals surface area contributed by atoms with Gasteiger partial charge in [0.25, 0.3) is 0 Å². The van der Waals surface area contributed by atoms with Crippen LogP contribution < -0.4 is 9.80 Å². The van der Waals surface area contributed by atoms with Gasteiger partial charge < -0.3 is 27.5 Å². The predicted molar refractivity (Wildman–Crippen MR) is 333 cm³/mol. The second-order valence-corrected chi connectivity index (χ2v) is 23.4. The topological polar surface area (TPSA) is 59.0 Å². The largest absolute Gasteiger partial charge is 0.464 e. The van der Waals surface area contributed by atoms with Gasteiger partial charge in [-0.3, -0.25) is 0 Å². The third kappa shape index (κ3) is 7.85. The molecule has 0 bridgehead atoms. The molecule has 15 rings (SSSR count). The van der Waals surface area contributed by atoms with Crippen molar-refractivity contribution in [3.8, 4) is 22.3 Å². The highest BCUT2D eigenvalue weighted by Gasteiger charge is 2.26. The maximum Gasteiger partial charge on any atom is 0.139 e. The number of anilines is 6. The zero-order chi connectivity index (χ0) is 54.0. The summed E-state index contributed by atoms with van der Waals surface area (Å²) in [6.07, 6.45) is 3.57. The number of rotatable bonds is 8. The van der Waals surface area contributed by atoms with Gasteiger partial charge in [-0.25, -0.2) is 0 Å². The smallest absolute Gasteiger partial charge is 0.139 e. The van der Waals surface area contributed by atoms with Gasteiger partial charge in [-0.2, -0.15) is 0 Å². The minimum Gasteiger partial charge on any atom is -0.464 e. The summed E-state index contributed by atoms with van der Waals surface area (Å²) in [7, 11) is 0. The Balaban J connectivity index is 0.845. The van der Waals surface area contributed by atoms with Crippen molar-refractivity contribution in [3.05, 3.63) is 242 Å². The zero-order valence-corrected chi connectivity index (χ0v) is 45.5.